The molecule has 0 fully saturated rings. The fraction of sp³-hybridized carbons (Fsp3) is 0.818. The van der Waals surface area contributed by atoms with Crippen molar-refractivity contribution in [2.45, 2.75) is 91.4 Å². The summed E-state index contributed by atoms with van der Waals surface area (Å²) in [4.78, 5) is 25.1. The molecule has 0 saturated heterocycles. The summed E-state index contributed by atoms with van der Waals surface area (Å²) < 4.78 is 10.9. The topological polar surface area (TPSA) is 52.6 Å². The third kappa shape index (κ3) is 7.51. The van der Waals surface area contributed by atoms with Crippen molar-refractivity contribution < 1.29 is 19.1 Å². The molecular weight excluding hydrogens is 328 g/mol. The van der Waals surface area contributed by atoms with E-state index in [0.29, 0.717) is 19.6 Å². The van der Waals surface area contributed by atoms with E-state index in [-0.39, 0.29) is 11.9 Å². The number of hydrogen-bond acceptors (Lipinski definition) is 4. The zero-order chi connectivity index (χ0) is 19.3. The number of carbonyl (C=O) groups excluding carboxylic acids is 2. The fourth-order valence-corrected chi connectivity index (χ4v) is 3.38. The molecule has 0 aromatic carbocycles. The van der Waals surface area contributed by atoms with Gasteiger partial charge in [-0.2, -0.15) is 0 Å². The van der Waals surface area contributed by atoms with Gasteiger partial charge in [0.25, 0.3) is 0 Å². The Bertz CT molecular complexity index is 443. The van der Waals surface area contributed by atoms with Gasteiger partial charge in [0.2, 0.25) is 0 Å². The highest BCUT2D eigenvalue weighted by Crippen LogP contribution is 2.38. The minimum atomic E-state index is -0.900. The van der Waals surface area contributed by atoms with Crippen LogP contribution < -0.4 is 0 Å². The Labute approximate surface area is 159 Å². The number of allylic oxidation sites excluding steroid dienone is 1. The second kappa shape index (κ2) is 12.9. The minimum absolute atomic E-state index is 0.254. The van der Waals surface area contributed by atoms with Gasteiger partial charge in [-0.25, -0.2) is 0 Å². The van der Waals surface area contributed by atoms with Gasteiger partial charge < -0.3 is 9.47 Å². The number of carbonyl (C=O) groups is 2. The maximum absolute atomic E-state index is 12.6. The van der Waals surface area contributed by atoms with E-state index in [1.807, 2.05) is 12.2 Å². The molecule has 1 aliphatic rings. The van der Waals surface area contributed by atoms with Crippen molar-refractivity contribution >= 4 is 11.9 Å². The molecule has 4 heteroatoms. The Kier molecular flexibility index (Phi) is 11.3. The highest BCUT2D eigenvalue weighted by Gasteiger charge is 2.46. The zero-order valence-electron chi connectivity index (χ0n) is 17.1. The number of esters is 2. The second-order valence-electron chi connectivity index (χ2n) is 7.59. The van der Waals surface area contributed by atoms with Crippen LogP contribution in [0.4, 0.5) is 0 Å². The molecule has 0 radical (unpaired) electrons. The van der Waals surface area contributed by atoms with Crippen molar-refractivity contribution in [1.29, 1.82) is 0 Å². The molecule has 0 aliphatic heterocycles. The van der Waals surface area contributed by atoms with Gasteiger partial charge in [0.1, 0.15) is 0 Å². The molecule has 0 heterocycles. The molecule has 2 unspecified atom stereocenters. The molecule has 26 heavy (non-hydrogen) atoms. The molecule has 0 amide bonds. The largest absolute Gasteiger partial charge is 0.465 e. The van der Waals surface area contributed by atoms with Crippen LogP contribution in [0.2, 0.25) is 0 Å². The fourth-order valence-electron chi connectivity index (χ4n) is 3.38. The lowest BCUT2D eigenvalue weighted by molar-refractivity contribution is -0.166. The summed E-state index contributed by atoms with van der Waals surface area (Å²) in [5, 5.41) is 0. The van der Waals surface area contributed by atoms with Crippen LogP contribution in [0.1, 0.15) is 91.4 Å². The summed E-state index contributed by atoms with van der Waals surface area (Å²) in [6.45, 7) is 6.94. The first kappa shape index (κ1) is 22.7. The van der Waals surface area contributed by atoms with Crippen LogP contribution in [-0.2, 0) is 19.1 Å². The lowest BCUT2D eigenvalue weighted by atomic mass is 9.71. The summed E-state index contributed by atoms with van der Waals surface area (Å²) in [5.41, 5.74) is -0.900. The van der Waals surface area contributed by atoms with E-state index >= 15 is 0 Å². The Morgan fingerprint density at radius 1 is 0.923 bits per heavy atom. The molecule has 0 N–H and O–H groups in total. The van der Waals surface area contributed by atoms with Gasteiger partial charge in [0.05, 0.1) is 24.5 Å². The number of ether oxygens (including phenoxy) is 2. The van der Waals surface area contributed by atoms with Crippen molar-refractivity contribution in [2.24, 2.45) is 11.3 Å². The molecular formula is C22H38O4. The van der Waals surface area contributed by atoms with Crippen LogP contribution in [-0.4, -0.2) is 25.2 Å². The third-order valence-corrected chi connectivity index (χ3v) is 5.26. The molecule has 0 aromatic rings. The zero-order valence-corrected chi connectivity index (χ0v) is 17.1. The van der Waals surface area contributed by atoms with Crippen LogP contribution in [0.25, 0.3) is 0 Å². The molecule has 1 aliphatic carbocycles. The monoisotopic (exact) mass is 366 g/mol. The number of rotatable bonds is 13. The van der Waals surface area contributed by atoms with E-state index in [4.69, 9.17) is 9.47 Å². The van der Waals surface area contributed by atoms with Gasteiger partial charge in [0, 0.05) is 0 Å². The molecule has 4 nitrogen and oxygen atoms in total. The summed E-state index contributed by atoms with van der Waals surface area (Å²) >= 11 is 0. The lowest BCUT2D eigenvalue weighted by Gasteiger charge is -2.34. The molecule has 2 atom stereocenters. The SMILES string of the molecule is CCCCCCCCCOC(=O)C1CCC=CC1(C)C(=O)OCCCC. The van der Waals surface area contributed by atoms with Gasteiger partial charge in [-0.1, -0.05) is 70.9 Å². The van der Waals surface area contributed by atoms with Crippen molar-refractivity contribution in [3.8, 4) is 0 Å². The maximum Gasteiger partial charge on any atom is 0.316 e. The van der Waals surface area contributed by atoms with Crippen molar-refractivity contribution in [2.75, 3.05) is 13.2 Å². The lowest BCUT2D eigenvalue weighted by Crippen LogP contribution is -2.42. The van der Waals surface area contributed by atoms with Gasteiger partial charge >= 0.3 is 11.9 Å². The van der Waals surface area contributed by atoms with Crippen molar-refractivity contribution in [3.05, 3.63) is 12.2 Å². The van der Waals surface area contributed by atoms with Crippen molar-refractivity contribution in [3.63, 3.8) is 0 Å². The third-order valence-electron chi connectivity index (χ3n) is 5.26. The van der Waals surface area contributed by atoms with Crippen LogP contribution in [0.5, 0.6) is 0 Å². The molecule has 150 valence electrons. The minimum Gasteiger partial charge on any atom is -0.465 e. The first-order valence-corrected chi connectivity index (χ1v) is 10.6. The standard InChI is InChI=1S/C22H38O4/c1-4-6-8-9-10-11-14-18-25-20(23)19-15-12-13-16-22(19,3)21(24)26-17-7-5-2/h13,16,19H,4-12,14-15,17-18H2,1-3H3. The average Bonchev–Trinajstić information content (AvgIpc) is 2.64. The van der Waals surface area contributed by atoms with Gasteiger partial charge in [-0.15, -0.1) is 0 Å². The Balaban J connectivity index is 2.40. The highest BCUT2D eigenvalue weighted by molar-refractivity contribution is 5.87. The smallest absolute Gasteiger partial charge is 0.316 e. The Hall–Kier alpha value is -1.32. The highest BCUT2D eigenvalue weighted by atomic mass is 16.5. The number of hydrogen-bond donors (Lipinski definition) is 0. The molecule has 0 spiro atoms. The first-order valence-electron chi connectivity index (χ1n) is 10.6. The van der Waals surface area contributed by atoms with Gasteiger partial charge in [-0.05, 0) is 32.6 Å². The Morgan fingerprint density at radius 3 is 2.23 bits per heavy atom. The summed E-state index contributed by atoms with van der Waals surface area (Å²) in [6, 6.07) is 0. The van der Waals surface area contributed by atoms with E-state index in [1.54, 1.807) is 6.92 Å². The predicted octanol–water partition coefficient (Wildman–Crippen LogP) is 5.60. The average molecular weight is 367 g/mol. The second-order valence-corrected chi connectivity index (χ2v) is 7.59. The molecule has 0 bridgehead atoms. The Morgan fingerprint density at radius 2 is 1.54 bits per heavy atom. The van der Waals surface area contributed by atoms with E-state index in [9.17, 15) is 9.59 Å². The summed E-state index contributed by atoms with van der Waals surface area (Å²) in [6.07, 6.45) is 15.4. The van der Waals surface area contributed by atoms with Crippen molar-refractivity contribution in [1.82, 2.24) is 0 Å². The molecule has 1 rings (SSSR count). The van der Waals surface area contributed by atoms with E-state index in [2.05, 4.69) is 13.8 Å². The van der Waals surface area contributed by atoms with Crippen LogP contribution in [0, 0.1) is 11.3 Å². The van der Waals surface area contributed by atoms with Crippen LogP contribution in [0.3, 0.4) is 0 Å². The van der Waals surface area contributed by atoms with E-state index in [1.165, 1.54) is 32.1 Å². The predicted molar refractivity (Wildman–Crippen MR) is 105 cm³/mol. The van der Waals surface area contributed by atoms with E-state index < -0.39 is 11.3 Å². The van der Waals surface area contributed by atoms with Gasteiger partial charge in [0.15, 0.2) is 0 Å². The quantitative estimate of drug-likeness (QED) is 0.242. The first-order chi connectivity index (χ1) is 12.6. The van der Waals surface area contributed by atoms with E-state index in [0.717, 1.165) is 32.1 Å². The maximum atomic E-state index is 12.6. The number of unbranched alkanes of at least 4 members (excludes halogenated alkanes) is 7. The van der Waals surface area contributed by atoms with Crippen LogP contribution in [0.15, 0.2) is 12.2 Å². The van der Waals surface area contributed by atoms with Crippen LogP contribution >= 0.6 is 0 Å². The summed E-state index contributed by atoms with van der Waals surface area (Å²) in [7, 11) is 0. The molecule has 0 saturated carbocycles. The molecule has 0 aromatic heterocycles. The van der Waals surface area contributed by atoms with Gasteiger partial charge in [-0.3, -0.25) is 9.59 Å². The normalized spacial score (nSPS) is 22.2. The summed E-state index contributed by atoms with van der Waals surface area (Å²) in [5.74, 6) is -0.999.